The van der Waals surface area contributed by atoms with Gasteiger partial charge in [-0.25, -0.2) is 13.4 Å². The maximum absolute atomic E-state index is 11.6. The fourth-order valence-corrected chi connectivity index (χ4v) is 2.31. The number of aliphatic imine (C=N–C) groups is 1. The lowest BCUT2D eigenvalue weighted by Crippen LogP contribution is -2.17. The number of sulfone groups is 1. The molecule has 84 valence electrons. The van der Waals surface area contributed by atoms with Gasteiger partial charge >= 0.3 is 5.23 Å². The molecule has 0 atom stereocenters. The molecule has 7 heteroatoms. The molecule has 0 bridgehead atoms. The van der Waals surface area contributed by atoms with E-state index in [9.17, 15) is 13.5 Å². The standard InChI is InChI=1S/C9H6BrNO4S/c10-8-5-11-9(16(8,13)14)15-7-4-2-1-3-6(7)12/h1-5,12H. The van der Waals surface area contributed by atoms with Crippen molar-refractivity contribution in [1.29, 1.82) is 0 Å². The number of phenols is 1. The average molecular weight is 304 g/mol. The molecule has 2 rings (SSSR count). The van der Waals surface area contributed by atoms with E-state index in [0.29, 0.717) is 0 Å². The number of hydrogen-bond donors (Lipinski definition) is 1. The molecular formula is C9H6BrNO4S. The summed E-state index contributed by atoms with van der Waals surface area (Å²) in [7, 11) is -3.69. The SMILES string of the molecule is O=S1(=O)C(Br)=CN=C1Oc1ccccc1O. The van der Waals surface area contributed by atoms with Crippen LogP contribution in [-0.2, 0) is 9.84 Å². The summed E-state index contributed by atoms with van der Waals surface area (Å²) in [5, 5.41) is 8.95. The lowest BCUT2D eigenvalue weighted by molar-refractivity contribution is 0.436. The largest absolute Gasteiger partial charge is 0.504 e. The van der Waals surface area contributed by atoms with Crippen LogP contribution in [0, 0.1) is 0 Å². The average Bonchev–Trinajstić information content (AvgIpc) is 2.48. The summed E-state index contributed by atoms with van der Waals surface area (Å²) in [6, 6.07) is 6.04. The molecule has 16 heavy (non-hydrogen) atoms. The fourth-order valence-electron chi connectivity index (χ4n) is 1.04. The smallest absolute Gasteiger partial charge is 0.321 e. The fraction of sp³-hybridized carbons (Fsp3) is 0. The Balaban J connectivity index is 2.30. The molecule has 0 radical (unpaired) electrons. The van der Waals surface area contributed by atoms with Gasteiger partial charge in [0, 0.05) is 0 Å². The Morgan fingerprint density at radius 2 is 2.00 bits per heavy atom. The number of aromatic hydroxyl groups is 1. The van der Waals surface area contributed by atoms with Gasteiger partial charge in [-0.2, -0.15) is 0 Å². The van der Waals surface area contributed by atoms with Crippen LogP contribution in [0.4, 0.5) is 0 Å². The Kier molecular flexibility index (Phi) is 2.73. The number of para-hydroxylation sites is 2. The number of rotatable bonds is 1. The summed E-state index contributed by atoms with van der Waals surface area (Å²) in [5.41, 5.74) is 0. The molecule has 1 N–H and O–H groups in total. The van der Waals surface area contributed by atoms with Gasteiger partial charge in [-0.05, 0) is 28.1 Å². The van der Waals surface area contributed by atoms with Crippen molar-refractivity contribution in [3.63, 3.8) is 0 Å². The van der Waals surface area contributed by atoms with Gasteiger partial charge in [-0.3, -0.25) is 0 Å². The molecule has 0 saturated heterocycles. The third-order valence-electron chi connectivity index (χ3n) is 1.82. The summed E-state index contributed by atoms with van der Waals surface area (Å²) >= 11 is 2.85. The first kappa shape index (κ1) is 11.2. The first-order chi connectivity index (χ1) is 7.51. The van der Waals surface area contributed by atoms with E-state index in [4.69, 9.17) is 4.74 Å². The van der Waals surface area contributed by atoms with E-state index in [2.05, 4.69) is 20.9 Å². The first-order valence-corrected chi connectivity index (χ1v) is 6.44. The zero-order valence-electron chi connectivity index (χ0n) is 7.79. The molecule has 1 aromatic carbocycles. The summed E-state index contributed by atoms with van der Waals surface area (Å²) in [6.45, 7) is 0. The van der Waals surface area contributed by atoms with E-state index in [1.54, 1.807) is 12.1 Å². The predicted molar refractivity (Wildman–Crippen MR) is 62.1 cm³/mol. The van der Waals surface area contributed by atoms with Crippen molar-refractivity contribution in [2.45, 2.75) is 0 Å². The molecule has 0 aromatic heterocycles. The molecule has 0 amide bonds. The molecule has 1 aliphatic rings. The van der Waals surface area contributed by atoms with Gasteiger partial charge in [0.15, 0.2) is 11.5 Å². The van der Waals surface area contributed by atoms with Gasteiger partial charge in [-0.1, -0.05) is 12.1 Å². The van der Waals surface area contributed by atoms with Crippen molar-refractivity contribution < 1.29 is 18.3 Å². The van der Waals surface area contributed by atoms with Crippen LogP contribution in [0.25, 0.3) is 0 Å². The Morgan fingerprint density at radius 3 is 2.56 bits per heavy atom. The number of benzene rings is 1. The van der Waals surface area contributed by atoms with Crippen LogP contribution in [0.5, 0.6) is 11.5 Å². The zero-order chi connectivity index (χ0) is 11.8. The number of hydrogen-bond acceptors (Lipinski definition) is 5. The molecule has 1 aromatic rings. The van der Waals surface area contributed by atoms with Crippen LogP contribution in [0.3, 0.4) is 0 Å². The van der Waals surface area contributed by atoms with Crippen LogP contribution in [0.15, 0.2) is 39.3 Å². The number of nitrogens with zero attached hydrogens (tertiary/aromatic N) is 1. The van der Waals surface area contributed by atoms with Gasteiger partial charge < -0.3 is 9.84 Å². The van der Waals surface area contributed by atoms with Crippen LogP contribution in [0.2, 0.25) is 0 Å². The summed E-state index contributed by atoms with van der Waals surface area (Å²) in [5.74, 6) is -0.108. The maximum Gasteiger partial charge on any atom is 0.321 e. The highest BCUT2D eigenvalue weighted by Crippen LogP contribution is 2.29. The molecule has 0 spiro atoms. The van der Waals surface area contributed by atoms with Crippen molar-refractivity contribution in [2.24, 2.45) is 4.99 Å². The maximum atomic E-state index is 11.6. The molecule has 0 aliphatic carbocycles. The minimum absolute atomic E-state index is 0.0421. The van der Waals surface area contributed by atoms with E-state index >= 15 is 0 Å². The molecule has 0 unspecified atom stereocenters. The van der Waals surface area contributed by atoms with Gasteiger partial charge in [0.2, 0.25) is 0 Å². The van der Waals surface area contributed by atoms with Gasteiger partial charge in [0.1, 0.15) is 3.81 Å². The van der Waals surface area contributed by atoms with Gasteiger partial charge in [0.05, 0.1) is 6.20 Å². The number of halogens is 1. The van der Waals surface area contributed by atoms with E-state index in [1.165, 1.54) is 12.1 Å². The Morgan fingerprint density at radius 1 is 1.31 bits per heavy atom. The van der Waals surface area contributed by atoms with Crippen molar-refractivity contribution in [2.75, 3.05) is 0 Å². The third-order valence-corrected chi connectivity index (χ3v) is 4.57. The van der Waals surface area contributed by atoms with E-state index in [0.717, 1.165) is 6.20 Å². The van der Waals surface area contributed by atoms with Crippen LogP contribution < -0.4 is 4.74 Å². The highest BCUT2D eigenvalue weighted by molar-refractivity contribution is 9.14. The molecule has 0 saturated carbocycles. The molecule has 0 fully saturated rings. The summed E-state index contributed by atoms with van der Waals surface area (Å²) < 4.78 is 28.1. The first-order valence-electron chi connectivity index (χ1n) is 4.16. The minimum atomic E-state index is -3.69. The topological polar surface area (TPSA) is 76.0 Å². The van der Waals surface area contributed by atoms with E-state index in [1.807, 2.05) is 0 Å². The Labute approximate surface area is 100 Å². The van der Waals surface area contributed by atoms with Crippen molar-refractivity contribution in [3.8, 4) is 11.5 Å². The monoisotopic (exact) mass is 303 g/mol. The number of phenolic OH excluding ortho intramolecular Hbond substituents is 1. The molecule has 5 nitrogen and oxygen atoms in total. The van der Waals surface area contributed by atoms with Crippen molar-refractivity contribution in [1.82, 2.24) is 0 Å². The zero-order valence-corrected chi connectivity index (χ0v) is 10.2. The predicted octanol–water partition coefficient (Wildman–Crippen LogP) is 1.75. The number of ether oxygens (including phenoxy) is 1. The molecule has 1 aliphatic heterocycles. The van der Waals surface area contributed by atoms with Gasteiger partial charge in [0.25, 0.3) is 9.84 Å². The van der Waals surface area contributed by atoms with E-state index in [-0.39, 0.29) is 15.3 Å². The van der Waals surface area contributed by atoms with Gasteiger partial charge in [-0.15, -0.1) is 0 Å². The lowest BCUT2D eigenvalue weighted by atomic mass is 10.3. The summed E-state index contributed by atoms with van der Waals surface area (Å²) in [4.78, 5) is 3.59. The molecule has 1 heterocycles. The Bertz CT molecular complexity index is 591. The van der Waals surface area contributed by atoms with Crippen LogP contribution in [0.1, 0.15) is 0 Å². The third kappa shape index (κ3) is 1.83. The normalized spacial score (nSPS) is 17.8. The lowest BCUT2D eigenvalue weighted by Gasteiger charge is -2.06. The highest BCUT2D eigenvalue weighted by Gasteiger charge is 2.30. The van der Waals surface area contributed by atoms with Crippen molar-refractivity contribution >= 4 is 31.0 Å². The molecular weight excluding hydrogens is 298 g/mol. The second kappa shape index (κ2) is 3.91. The van der Waals surface area contributed by atoms with Crippen LogP contribution >= 0.6 is 15.9 Å². The van der Waals surface area contributed by atoms with E-state index < -0.39 is 15.1 Å². The highest BCUT2D eigenvalue weighted by atomic mass is 79.9. The quantitative estimate of drug-likeness (QED) is 0.857. The summed E-state index contributed by atoms with van der Waals surface area (Å²) in [6.07, 6.45) is 1.13. The van der Waals surface area contributed by atoms with Crippen LogP contribution in [-0.4, -0.2) is 18.8 Å². The minimum Gasteiger partial charge on any atom is -0.504 e. The second-order valence-corrected chi connectivity index (χ2v) is 6.08. The Hall–Kier alpha value is -1.34. The second-order valence-electron chi connectivity index (χ2n) is 2.90. The van der Waals surface area contributed by atoms with Crippen molar-refractivity contribution in [3.05, 3.63) is 34.3 Å².